The van der Waals surface area contributed by atoms with Crippen molar-refractivity contribution in [2.24, 2.45) is 0 Å². The van der Waals surface area contributed by atoms with Crippen LogP contribution in [-0.2, 0) is 0 Å². The van der Waals surface area contributed by atoms with Gasteiger partial charge in [0.15, 0.2) is 0 Å². The van der Waals surface area contributed by atoms with Gasteiger partial charge in [-0.25, -0.2) is 0 Å². The Morgan fingerprint density at radius 2 is 1.56 bits per heavy atom. The van der Waals surface area contributed by atoms with Crippen LogP contribution in [0.1, 0.15) is 18.4 Å². The van der Waals surface area contributed by atoms with Crippen LogP contribution in [-0.4, -0.2) is 0 Å². The highest BCUT2D eigenvalue weighted by molar-refractivity contribution is 9.11. The lowest BCUT2D eigenvalue weighted by molar-refractivity contribution is 1.04. The molecule has 0 aliphatic heterocycles. The van der Waals surface area contributed by atoms with Gasteiger partial charge >= 0.3 is 0 Å². The van der Waals surface area contributed by atoms with E-state index in [1.807, 2.05) is 0 Å². The van der Waals surface area contributed by atoms with Gasteiger partial charge in [0, 0.05) is 4.47 Å². The molecule has 0 heterocycles. The number of allylic oxidation sites excluding steroid dienone is 4. The summed E-state index contributed by atoms with van der Waals surface area (Å²) >= 11 is 7.18. The van der Waals surface area contributed by atoms with Crippen molar-refractivity contribution in [1.29, 1.82) is 0 Å². The van der Waals surface area contributed by atoms with Crippen molar-refractivity contribution >= 4 is 48.2 Å². The molecule has 0 saturated carbocycles. The molecule has 90 valence electrons. The predicted octanol–water partition coefficient (Wildman–Crippen LogP) is 6.06. The van der Waals surface area contributed by atoms with Crippen LogP contribution < -0.4 is 0 Å². The molecule has 0 aromatic heterocycles. The van der Waals surface area contributed by atoms with E-state index in [-0.39, 0.29) is 0 Å². The summed E-state index contributed by atoms with van der Waals surface area (Å²) in [6, 6.07) is 12.9. The van der Waals surface area contributed by atoms with Crippen molar-refractivity contribution in [3.05, 3.63) is 63.1 Å². The van der Waals surface area contributed by atoms with Crippen molar-refractivity contribution in [2.45, 2.75) is 12.8 Å². The highest BCUT2D eigenvalue weighted by Crippen LogP contribution is 2.35. The summed E-state index contributed by atoms with van der Waals surface area (Å²) in [4.78, 5) is 0. The molecule has 2 heteroatoms. The summed E-state index contributed by atoms with van der Waals surface area (Å²) in [6.07, 6.45) is 6.58. The molecule has 0 atom stereocenters. The topological polar surface area (TPSA) is 0 Å². The largest absolute Gasteiger partial charge is 0.0616 e. The summed E-state index contributed by atoms with van der Waals surface area (Å²) in [7, 11) is 0. The van der Waals surface area contributed by atoms with E-state index in [1.165, 1.54) is 26.4 Å². The van der Waals surface area contributed by atoms with E-state index in [0.717, 1.165) is 17.3 Å². The Morgan fingerprint density at radius 3 is 2.28 bits per heavy atom. The lowest BCUT2D eigenvalue weighted by atomic mass is 9.93. The Kier molecular flexibility index (Phi) is 3.40. The fourth-order valence-electron chi connectivity index (χ4n) is 2.38. The van der Waals surface area contributed by atoms with Crippen molar-refractivity contribution in [1.82, 2.24) is 0 Å². The normalized spacial score (nSPS) is 15.4. The van der Waals surface area contributed by atoms with E-state index in [0.29, 0.717) is 0 Å². The van der Waals surface area contributed by atoms with E-state index >= 15 is 0 Å². The van der Waals surface area contributed by atoms with Gasteiger partial charge in [0.05, 0.1) is 0 Å². The first kappa shape index (κ1) is 12.2. The Balaban J connectivity index is 2.22. The Morgan fingerprint density at radius 1 is 0.778 bits per heavy atom. The molecule has 1 aliphatic rings. The van der Waals surface area contributed by atoms with Crippen LogP contribution in [0, 0.1) is 0 Å². The Hall–Kier alpha value is -0.860. The molecule has 0 unspecified atom stereocenters. The molecule has 1 aliphatic carbocycles. The molecule has 0 saturated heterocycles. The maximum atomic E-state index is 3.63. The molecule has 3 rings (SSSR count). The van der Waals surface area contributed by atoms with Crippen molar-refractivity contribution in [3.8, 4) is 0 Å². The van der Waals surface area contributed by atoms with Crippen molar-refractivity contribution in [2.75, 3.05) is 0 Å². The maximum Gasteiger partial charge on any atom is 0.0254 e. The van der Waals surface area contributed by atoms with Crippen molar-refractivity contribution in [3.63, 3.8) is 0 Å². The number of halogens is 2. The predicted molar refractivity (Wildman–Crippen MR) is 85.9 cm³/mol. The first-order valence-electron chi connectivity index (χ1n) is 5.98. The van der Waals surface area contributed by atoms with Gasteiger partial charge in [0.2, 0.25) is 0 Å². The molecule has 0 spiro atoms. The second kappa shape index (κ2) is 5.02. The van der Waals surface area contributed by atoms with Gasteiger partial charge in [-0.1, -0.05) is 74.3 Å². The first-order valence-corrected chi connectivity index (χ1v) is 7.57. The second-order valence-corrected chi connectivity index (χ2v) is 6.32. The SMILES string of the molecule is BrC1=CC=C(c2ccc(Br)c3ccccc23)CC1. The van der Waals surface area contributed by atoms with E-state index < -0.39 is 0 Å². The van der Waals surface area contributed by atoms with E-state index in [1.54, 1.807) is 0 Å². The number of hydrogen-bond acceptors (Lipinski definition) is 0. The Labute approximate surface area is 124 Å². The fourth-order valence-corrected chi connectivity index (χ4v) is 3.19. The van der Waals surface area contributed by atoms with Crippen LogP contribution in [0.15, 0.2) is 57.5 Å². The number of fused-ring (bicyclic) bond motifs is 1. The van der Waals surface area contributed by atoms with Gasteiger partial charge in [-0.2, -0.15) is 0 Å². The molecule has 2 aromatic rings. The van der Waals surface area contributed by atoms with Crippen LogP contribution >= 0.6 is 31.9 Å². The fraction of sp³-hybridized carbons (Fsp3) is 0.125. The summed E-state index contributed by atoms with van der Waals surface area (Å²) in [5.41, 5.74) is 2.77. The molecular weight excluding hydrogens is 352 g/mol. The van der Waals surface area contributed by atoms with Gasteiger partial charge in [-0.3, -0.25) is 0 Å². The molecule has 0 N–H and O–H groups in total. The molecule has 0 radical (unpaired) electrons. The van der Waals surface area contributed by atoms with Gasteiger partial charge in [-0.15, -0.1) is 0 Å². The monoisotopic (exact) mass is 362 g/mol. The smallest absolute Gasteiger partial charge is 0.0254 e. The van der Waals surface area contributed by atoms with Crippen LogP contribution in [0.4, 0.5) is 0 Å². The zero-order chi connectivity index (χ0) is 12.5. The number of benzene rings is 2. The third-order valence-corrected chi connectivity index (χ3v) is 4.67. The molecule has 0 amide bonds. The van der Waals surface area contributed by atoms with Gasteiger partial charge in [-0.05, 0) is 45.3 Å². The minimum Gasteiger partial charge on any atom is -0.0616 e. The third-order valence-electron chi connectivity index (χ3n) is 3.32. The Bertz CT molecular complexity index is 666. The summed E-state index contributed by atoms with van der Waals surface area (Å²) in [5.74, 6) is 0. The average molecular weight is 364 g/mol. The van der Waals surface area contributed by atoms with Crippen LogP contribution in [0.3, 0.4) is 0 Å². The van der Waals surface area contributed by atoms with E-state index in [2.05, 4.69) is 80.4 Å². The standard InChI is InChI=1S/C16H12Br2/c17-12-7-5-11(6-8-12)13-9-10-16(18)15-4-2-1-3-14(13)15/h1-5,7,9-10H,6,8H2. The lowest BCUT2D eigenvalue weighted by Gasteiger charge is -2.14. The summed E-state index contributed by atoms with van der Waals surface area (Å²) in [5, 5.41) is 2.61. The zero-order valence-electron chi connectivity index (χ0n) is 9.79. The maximum absolute atomic E-state index is 3.63. The number of hydrogen-bond donors (Lipinski definition) is 0. The van der Waals surface area contributed by atoms with Crippen LogP contribution in [0.5, 0.6) is 0 Å². The highest BCUT2D eigenvalue weighted by atomic mass is 79.9. The minimum atomic E-state index is 1.09. The molecular formula is C16H12Br2. The quantitative estimate of drug-likeness (QED) is 0.577. The van der Waals surface area contributed by atoms with Crippen LogP contribution in [0.2, 0.25) is 0 Å². The van der Waals surface area contributed by atoms with E-state index in [9.17, 15) is 0 Å². The van der Waals surface area contributed by atoms with Gasteiger partial charge in [0.25, 0.3) is 0 Å². The number of rotatable bonds is 1. The minimum absolute atomic E-state index is 1.09. The van der Waals surface area contributed by atoms with E-state index in [4.69, 9.17) is 0 Å². The average Bonchev–Trinajstić information content (AvgIpc) is 2.41. The summed E-state index contributed by atoms with van der Waals surface area (Å²) in [6.45, 7) is 0. The summed E-state index contributed by atoms with van der Waals surface area (Å²) < 4.78 is 2.45. The molecule has 0 nitrogen and oxygen atoms in total. The molecule has 18 heavy (non-hydrogen) atoms. The third kappa shape index (κ3) is 2.19. The lowest BCUT2D eigenvalue weighted by Crippen LogP contribution is -1.92. The van der Waals surface area contributed by atoms with Gasteiger partial charge < -0.3 is 0 Å². The first-order chi connectivity index (χ1) is 8.75. The molecule has 0 fully saturated rings. The second-order valence-electron chi connectivity index (χ2n) is 4.45. The molecule has 0 bridgehead atoms. The highest BCUT2D eigenvalue weighted by Gasteiger charge is 2.10. The van der Waals surface area contributed by atoms with Crippen LogP contribution in [0.25, 0.3) is 16.3 Å². The molecule has 2 aromatic carbocycles. The van der Waals surface area contributed by atoms with Crippen molar-refractivity contribution < 1.29 is 0 Å². The zero-order valence-corrected chi connectivity index (χ0v) is 13.0. The van der Waals surface area contributed by atoms with Gasteiger partial charge in [0.1, 0.15) is 0 Å².